The van der Waals surface area contributed by atoms with E-state index in [0.717, 1.165) is 18.5 Å². The Balaban J connectivity index is 2.29. The number of rotatable bonds is 7. The van der Waals surface area contributed by atoms with Crippen molar-refractivity contribution in [1.29, 1.82) is 0 Å². The molecule has 0 radical (unpaired) electrons. The van der Waals surface area contributed by atoms with Gasteiger partial charge in [0.05, 0.1) is 24.3 Å². The van der Waals surface area contributed by atoms with Crippen LogP contribution in [0, 0.1) is 0 Å². The molecule has 0 amide bonds. The van der Waals surface area contributed by atoms with Crippen LogP contribution in [0.5, 0.6) is 0 Å². The van der Waals surface area contributed by atoms with Crippen LogP contribution < -0.4 is 5.32 Å². The molecule has 0 spiro atoms. The van der Waals surface area contributed by atoms with Gasteiger partial charge in [0, 0.05) is 11.6 Å². The first kappa shape index (κ1) is 14.9. The first-order valence-corrected chi connectivity index (χ1v) is 7.41. The smallest absolute Gasteiger partial charge is 0.0750 e. The fraction of sp³-hybridized carbons (Fsp3) is 0.471. The van der Waals surface area contributed by atoms with E-state index in [0.29, 0.717) is 6.61 Å². The molecule has 3 nitrogen and oxygen atoms in total. The normalized spacial score (nSPS) is 13.0. The monoisotopic (exact) mass is 272 g/mol. The third-order valence-electron chi connectivity index (χ3n) is 3.28. The van der Waals surface area contributed by atoms with Crippen molar-refractivity contribution >= 4 is 10.9 Å². The number of pyridine rings is 1. The second-order valence-electron chi connectivity index (χ2n) is 5.31. The lowest BCUT2D eigenvalue weighted by atomic mass is 10.0. The predicted octanol–water partition coefficient (Wildman–Crippen LogP) is 3.70. The highest BCUT2D eigenvalue weighted by Crippen LogP contribution is 2.23. The topological polar surface area (TPSA) is 34.1 Å². The van der Waals surface area contributed by atoms with Gasteiger partial charge in [0.25, 0.3) is 0 Å². The molecule has 2 aromatic rings. The van der Waals surface area contributed by atoms with Crippen molar-refractivity contribution in [3.63, 3.8) is 0 Å². The van der Waals surface area contributed by atoms with Crippen LogP contribution in [-0.2, 0) is 4.74 Å². The number of nitrogens with zero attached hydrogens (tertiary/aromatic N) is 1. The molecule has 0 saturated heterocycles. The minimum Gasteiger partial charge on any atom is -0.377 e. The Morgan fingerprint density at radius 2 is 2.00 bits per heavy atom. The molecule has 1 unspecified atom stereocenters. The standard InChI is InChI=1S/C17H24N2O/c1-4-10-18-16(12-20-13(2)3)15-9-5-7-14-8-6-11-19-17(14)15/h5-9,11,13,16,18H,4,10,12H2,1-3H3. The summed E-state index contributed by atoms with van der Waals surface area (Å²) < 4.78 is 5.81. The van der Waals surface area contributed by atoms with Crippen LogP contribution in [0.4, 0.5) is 0 Å². The van der Waals surface area contributed by atoms with E-state index < -0.39 is 0 Å². The molecule has 0 aliphatic rings. The second kappa shape index (κ2) is 7.36. The predicted molar refractivity (Wildman–Crippen MR) is 83.9 cm³/mol. The van der Waals surface area contributed by atoms with Crippen LogP contribution >= 0.6 is 0 Å². The summed E-state index contributed by atoms with van der Waals surface area (Å²) in [6.45, 7) is 7.97. The van der Waals surface area contributed by atoms with E-state index in [1.807, 2.05) is 12.3 Å². The quantitative estimate of drug-likeness (QED) is 0.834. The largest absolute Gasteiger partial charge is 0.377 e. The van der Waals surface area contributed by atoms with Crippen LogP contribution in [0.25, 0.3) is 10.9 Å². The summed E-state index contributed by atoms with van der Waals surface area (Å²) in [6.07, 6.45) is 3.20. The molecule has 0 aliphatic carbocycles. The number of hydrogen-bond donors (Lipinski definition) is 1. The summed E-state index contributed by atoms with van der Waals surface area (Å²) in [6, 6.07) is 10.6. The van der Waals surface area contributed by atoms with E-state index in [-0.39, 0.29) is 12.1 Å². The number of benzene rings is 1. The van der Waals surface area contributed by atoms with Gasteiger partial charge in [-0.25, -0.2) is 0 Å². The van der Waals surface area contributed by atoms with Gasteiger partial charge in [0.1, 0.15) is 0 Å². The maximum atomic E-state index is 5.81. The van der Waals surface area contributed by atoms with Crippen LogP contribution in [-0.4, -0.2) is 24.2 Å². The van der Waals surface area contributed by atoms with Gasteiger partial charge < -0.3 is 10.1 Å². The Morgan fingerprint density at radius 1 is 1.20 bits per heavy atom. The number of aromatic nitrogens is 1. The number of fused-ring (bicyclic) bond motifs is 1. The SMILES string of the molecule is CCCNC(COC(C)C)c1cccc2cccnc12. The maximum absolute atomic E-state index is 5.81. The van der Waals surface area contributed by atoms with E-state index in [2.05, 4.69) is 55.3 Å². The van der Waals surface area contributed by atoms with Gasteiger partial charge in [-0.2, -0.15) is 0 Å². The molecule has 1 N–H and O–H groups in total. The van der Waals surface area contributed by atoms with Crippen molar-refractivity contribution in [1.82, 2.24) is 10.3 Å². The highest BCUT2D eigenvalue weighted by atomic mass is 16.5. The van der Waals surface area contributed by atoms with E-state index in [9.17, 15) is 0 Å². The zero-order chi connectivity index (χ0) is 14.4. The van der Waals surface area contributed by atoms with Crippen molar-refractivity contribution in [2.75, 3.05) is 13.2 Å². The third-order valence-corrected chi connectivity index (χ3v) is 3.28. The number of hydrogen-bond acceptors (Lipinski definition) is 3. The summed E-state index contributed by atoms with van der Waals surface area (Å²) in [5.74, 6) is 0. The molecule has 0 saturated carbocycles. The van der Waals surface area contributed by atoms with E-state index >= 15 is 0 Å². The molecule has 2 rings (SSSR count). The maximum Gasteiger partial charge on any atom is 0.0750 e. The van der Waals surface area contributed by atoms with Crippen molar-refractivity contribution in [3.05, 3.63) is 42.1 Å². The molecule has 1 heterocycles. The highest BCUT2D eigenvalue weighted by molar-refractivity contribution is 5.82. The van der Waals surface area contributed by atoms with Crippen LogP contribution in [0.15, 0.2) is 36.5 Å². The van der Waals surface area contributed by atoms with Crippen LogP contribution in [0.2, 0.25) is 0 Å². The number of ether oxygens (including phenoxy) is 1. The Morgan fingerprint density at radius 3 is 2.75 bits per heavy atom. The van der Waals surface area contributed by atoms with E-state index in [1.54, 1.807) is 0 Å². The minimum absolute atomic E-state index is 0.191. The van der Waals surface area contributed by atoms with Gasteiger partial charge in [-0.1, -0.05) is 31.2 Å². The van der Waals surface area contributed by atoms with Crippen molar-refractivity contribution in [3.8, 4) is 0 Å². The molecule has 20 heavy (non-hydrogen) atoms. The fourth-order valence-corrected chi connectivity index (χ4v) is 2.27. The fourth-order valence-electron chi connectivity index (χ4n) is 2.27. The minimum atomic E-state index is 0.191. The molecule has 0 aliphatic heterocycles. The zero-order valence-corrected chi connectivity index (χ0v) is 12.6. The Labute approximate surface area is 121 Å². The van der Waals surface area contributed by atoms with Gasteiger partial charge in [-0.05, 0) is 38.4 Å². The molecule has 3 heteroatoms. The molecule has 1 aromatic heterocycles. The van der Waals surface area contributed by atoms with Gasteiger partial charge in [-0.15, -0.1) is 0 Å². The highest BCUT2D eigenvalue weighted by Gasteiger charge is 2.15. The average Bonchev–Trinajstić information content (AvgIpc) is 2.47. The van der Waals surface area contributed by atoms with Crippen molar-refractivity contribution < 1.29 is 4.74 Å². The lowest BCUT2D eigenvalue weighted by Crippen LogP contribution is -2.27. The van der Waals surface area contributed by atoms with Crippen LogP contribution in [0.3, 0.4) is 0 Å². The molecule has 108 valence electrons. The molecule has 0 fully saturated rings. The Kier molecular flexibility index (Phi) is 5.50. The summed E-state index contributed by atoms with van der Waals surface area (Å²) in [5, 5.41) is 4.75. The molecule has 1 atom stereocenters. The lowest BCUT2D eigenvalue weighted by Gasteiger charge is -2.21. The van der Waals surface area contributed by atoms with Gasteiger partial charge >= 0.3 is 0 Å². The van der Waals surface area contributed by atoms with Crippen LogP contribution in [0.1, 0.15) is 38.8 Å². The van der Waals surface area contributed by atoms with Gasteiger partial charge in [0.15, 0.2) is 0 Å². The summed E-state index contributed by atoms with van der Waals surface area (Å²) in [5.41, 5.74) is 2.29. The first-order valence-electron chi connectivity index (χ1n) is 7.41. The lowest BCUT2D eigenvalue weighted by molar-refractivity contribution is 0.0613. The molecular formula is C17H24N2O. The Hall–Kier alpha value is -1.45. The van der Waals surface area contributed by atoms with Crippen molar-refractivity contribution in [2.24, 2.45) is 0 Å². The number of para-hydroxylation sites is 1. The summed E-state index contributed by atoms with van der Waals surface area (Å²) in [7, 11) is 0. The Bertz CT molecular complexity index is 534. The third kappa shape index (κ3) is 3.78. The second-order valence-corrected chi connectivity index (χ2v) is 5.31. The summed E-state index contributed by atoms with van der Waals surface area (Å²) in [4.78, 5) is 4.54. The summed E-state index contributed by atoms with van der Waals surface area (Å²) >= 11 is 0. The molecule has 1 aromatic carbocycles. The molecule has 0 bridgehead atoms. The average molecular weight is 272 g/mol. The van der Waals surface area contributed by atoms with Gasteiger partial charge in [-0.3, -0.25) is 4.98 Å². The number of nitrogens with one attached hydrogen (secondary N) is 1. The molecular weight excluding hydrogens is 248 g/mol. The van der Waals surface area contributed by atoms with Crippen molar-refractivity contribution in [2.45, 2.75) is 39.3 Å². The van der Waals surface area contributed by atoms with E-state index in [1.165, 1.54) is 10.9 Å². The van der Waals surface area contributed by atoms with E-state index in [4.69, 9.17) is 4.74 Å². The van der Waals surface area contributed by atoms with Gasteiger partial charge in [0.2, 0.25) is 0 Å². The first-order chi connectivity index (χ1) is 9.72. The zero-order valence-electron chi connectivity index (χ0n) is 12.6.